The van der Waals surface area contributed by atoms with Crippen LogP contribution < -0.4 is 15.9 Å². The summed E-state index contributed by atoms with van der Waals surface area (Å²) >= 11 is 0. The molecule has 0 aromatic heterocycles. The quantitative estimate of drug-likeness (QED) is 0.592. The third-order valence-corrected chi connectivity index (χ3v) is 1.99. The van der Waals surface area contributed by atoms with Gasteiger partial charge in [-0.05, 0) is 18.2 Å². The van der Waals surface area contributed by atoms with E-state index in [0.29, 0.717) is 11.4 Å². The van der Waals surface area contributed by atoms with E-state index in [1.54, 1.807) is 12.1 Å². The Morgan fingerprint density at radius 2 is 2.11 bits per heavy atom. The Morgan fingerprint density at radius 1 is 1.44 bits per heavy atom. The number of nitrogens with zero attached hydrogens (tertiary/aromatic N) is 3. The van der Waals surface area contributed by atoms with Crippen molar-refractivity contribution in [3.8, 4) is 17.9 Å². The molecule has 0 atom stereocenters. The summed E-state index contributed by atoms with van der Waals surface area (Å²) in [7, 11) is 1.41. The average molecular weight is 243 g/mol. The first-order chi connectivity index (χ1) is 8.62. The fraction of sp³-hybridized carbons (Fsp3) is 0.0909. The second kappa shape index (κ2) is 5.87. The van der Waals surface area contributed by atoms with Crippen molar-refractivity contribution >= 4 is 17.3 Å². The highest BCUT2D eigenvalue weighted by atomic mass is 16.5. The molecule has 18 heavy (non-hydrogen) atoms. The third kappa shape index (κ3) is 2.97. The number of primary amides is 1. The molecule has 90 valence electrons. The van der Waals surface area contributed by atoms with E-state index < -0.39 is 5.91 Å². The van der Waals surface area contributed by atoms with Crippen LogP contribution in [0.4, 0.5) is 5.69 Å². The SMILES string of the molecule is COc1cc(C(N)=O)ccc1NN=C(C#N)C#N. The summed E-state index contributed by atoms with van der Waals surface area (Å²) < 4.78 is 5.03. The molecular formula is C11H9N5O2. The molecule has 0 heterocycles. The lowest BCUT2D eigenvalue weighted by atomic mass is 10.2. The van der Waals surface area contributed by atoms with E-state index in [-0.39, 0.29) is 11.3 Å². The van der Waals surface area contributed by atoms with Gasteiger partial charge >= 0.3 is 0 Å². The van der Waals surface area contributed by atoms with Crippen molar-refractivity contribution in [1.29, 1.82) is 10.5 Å². The monoisotopic (exact) mass is 243 g/mol. The van der Waals surface area contributed by atoms with Gasteiger partial charge in [0.2, 0.25) is 11.6 Å². The second-order valence-corrected chi connectivity index (χ2v) is 3.08. The normalized spacial score (nSPS) is 8.61. The van der Waals surface area contributed by atoms with Crippen molar-refractivity contribution in [3.63, 3.8) is 0 Å². The van der Waals surface area contributed by atoms with Gasteiger partial charge in [0.15, 0.2) is 0 Å². The van der Waals surface area contributed by atoms with Crippen LogP contribution in [0.1, 0.15) is 10.4 Å². The lowest BCUT2D eigenvalue weighted by Crippen LogP contribution is -2.11. The molecule has 1 aromatic rings. The zero-order valence-corrected chi connectivity index (χ0v) is 9.47. The van der Waals surface area contributed by atoms with E-state index in [9.17, 15) is 4.79 Å². The largest absolute Gasteiger partial charge is 0.494 e. The Bertz CT molecular complexity index is 564. The fourth-order valence-electron chi connectivity index (χ4n) is 1.13. The number of nitrogens with one attached hydrogen (secondary N) is 1. The molecule has 7 heteroatoms. The fourth-order valence-corrected chi connectivity index (χ4v) is 1.13. The van der Waals surface area contributed by atoms with Gasteiger partial charge in [-0.2, -0.15) is 15.6 Å². The molecule has 0 aliphatic carbocycles. The lowest BCUT2D eigenvalue weighted by molar-refractivity contribution is 0.1000. The Morgan fingerprint density at radius 3 is 2.61 bits per heavy atom. The van der Waals surface area contributed by atoms with E-state index in [2.05, 4.69) is 10.5 Å². The first kappa shape index (κ1) is 13.0. The lowest BCUT2D eigenvalue weighted by Gasteiger charge is -2.08. The second-order valence-electron chi connectivity index (χ2n) is 3.08. The summed E-state index contributed by atoms with van der Waals surface area (Å²) in [4.78, 5) is 11.0. The van der Waals surface area contributed by atoms with Crippen LogP contribution in [0.5, 0.6) is 5.75 Å². The molecule has 1 aromatic carbocycles. The highest BCUT2D eigenvalue weighted by Crippen LogP contribution is 2.25. The topological polar surface area (TPSA) is 124 Å². The number of ether oxygens (including phenoxy) is 1. The first-order valence-electron chi connectivity index (χ1n) is 4.74. The van der Waals surface area contributed by atoms with E-state index in [4.69, 9.17) is 21.0 Å². The van der Waals surface area contributed by atoms with E-state index >= 15 is 0 Å². The maximum atomic E-state index is 11.0. The predicted molar refractivity (Wildman–Crippen MR) is 63.8 cm³/mol. The smallest absolute Gasteiger partial charge is 0.248 e. The maximum absolute atomic E-state index is 11.0. The van der Waals surface area contributed by atoms with Crippen LogP contribution in [0.2, 0.25) is 0 Å². The molecule has 0 aliphatic heterocycles. The van der Waals surface area contributed by atoms with Crippen molar-refractivity contribution < 1.29 is 9.53 Å². The molecule has 0 saturated carbocycles. The standard InChI is InChI=1S/C11H9N5O2/c1-18-10-4-7(11(14)17)2-3-9(10)16-15-8(5-12)6-13/h2-4,16H,1H3,(H2,14,17). The van der Waals surface area contributed by atoms with E-state index in [1.807, 2.05) is 0 Å². The minimum absolute atomic E-state index is 0.280. The van der Waals surface area contributed by atoms with Gasteiger partial charge in [0, 0.05) is 5.56 Å². The van der Waals surface area contributed by atoms with Gasteiger partial charge in [0.1, 0.15) is 17.9 Å². The molecule has 0 bridgehead atoms. The van der Waals surface area contributed by atoms with Gasteiger partial charge in [0.05, 0.1) is 12.8 Å². The van der Waals surface area contributed by atoms with Crippen LogP contribution in [-0.4, -0.2) is 18.7 Å². The number of methoxy groups -OCH3 is 1. The van der Waals surface area contributed by atoms with Gasteiger partial charge in [-0.25, -0.2) is 0 Å². The highest BCUT2D eigenvalue weighted by molar-refractivity contribution is 6.10. The third-order valence-electron chi connectivity index (χ3n) is 1.99. The number of anilines is 1. The summed E-state index contributed by atoms with van der Waals surface area (Å²) in [5.74, 6) is -0.261. The maximum Gasteiger partial charge on any atom is 0.248 e. The van der Waals surface area contributed by atoms with Crippen LogP contribution in [0.3, 0.4) is 0 Å². The van der Waals surface area contributed by atoms with Crippen molar-refractivity contribution in [3.05, 3.63) is 23.8 Å². The minimum atomic E-state index is -0.585. The van der Waals surface area contributed by atoms with Crippen molar-refractivity contribution in [2.24, 2.45) is 10.8 Å². The van der Waals surface area contributed by atoms with E-state index in [0.717, 1.165) is 0 Å². The van der Waals surface area contributed by atoms with Crippen molar-refractivity contribution in [2.75, 3.05) is 12.5 Å². The number of benzene rings is 1. The molecule has 0 fully saturated rings. The van der Waals surface area contributed by atoms with Gasteiger partial charge < -0.3 is 10.5 Å². The zero-order chi connectivity index (χ0) is 13.5. The molecule has 0 aliphatic rings. The number of amides is 1. The van der Waals surface area contributed by atoms with Crippen LogP contribution in [0, 0.1) is 22.7 Å². The van der Waals surface area contributed by atoms with Gasteiger partial charge in [-0.15, -0.1) is 0 Å². The minimum Gasteiger partial charge on any atom is -0.494 e. The van der Waals surface area contributed by atoms with Crippen LogP contribution in [0.15, 0.2) is 23.3 Å². The first-order valence-corrected chi connectivity index (χ1v) is 4.74. The summed E-state index contributed by atoms with van der Waals surface area (Å²) in [5.41, 5.74) is 7.99. The number of nitrogens with two attached hydrogens (primary N) is 1. The van der Waals surface area contributed by atoms with Crippen molar-refractivity contribution in [2.45, 2.75) is 0 Å². The number of carbonyl (C=O) groups excluding carboxylic acids is 1. The Labute approximate surface area is 103 Å². The highest BCUT2D eigenvalue weighted by Gasteiger charge is 2.07. The molecular weight excluding hydrogens is 234 g/mol. The van der Waals surface area contributed by atoms with Crippen LogP contribution in [0.25, 0.3) is 0 Å². The van der Waals surface area contributed by atoms with Gasteiger partial charge in [-0.1, -0.05) is 0 Å². The Hall–Kier alpha value is -3.06. The summed E-state index contributed by atoms with van der Waals surface area (Å²) in [6.45, 7) is 0. The molecule has 7 nitrogen and oxygen atoms in total. The summed E-state index contributed by atoms with van der Waals surface area (Å²) in [5, 5.41) is 20.6. The molecule has 1 rings (SSSR count). The number of hydrazone groups is 1. The number of hydrogen-bond donors (Lipinski definition) is 2. The number of hydrogen-bond acceptors (Lipinski definition) is 6. The van der Waals surface area contributed by atoms with Crippen LogP contribution >= 0.6 is 0 Å². The van der Waals surface area contributed by atoms with Crippen LogP contribution in [-0.2, 0) is 0 Å². The Balaban J connectivity index is 3.05. The molecule has 0 radical (unpaired) electrons. The van der Waals surface area contributed by atoms with Gasteiger partial charge in [0.25, 0.3) is 0 Å². The molecule has 3 N–H and O–H groups in total. The van der Waals surface area contributed by atoms with Gasteiger partial charge in [-0.3, -0.25) is 10.2 Å². The molecule has 0 unspecified atom stereocenters. The number of rotatable bonds is 4. The number of nitriles is 2. The molecule has 0 saturated heterocycles. The molecule has 1 amide bonds. The molecule has 0 spiro atoms. The predicted octanol–water partition coefficient (Wildman–Crippen LogP) is 0.609. The summed E-state index contributed by atoms with van der Waals surface area (Å²) in [6.07, 6.45) is 0. The summed E-state index contributed by atoms with van der Waals surface area (Å²) in [6, 6.07) is 7.61. The number of carbonyl (C=O) groups is 1. The Kier molecular flexibility index (Phi) is 4.24. The van der Waals surface area contributed by atoms with Crippen molar-refractivity contribution in [1.82, 2.24) is 0 Å². The van der Waals surface area contributed by atoms with E-state index in [1.165, 1.54) is 25.3 Å². The average Bonchev–Trinajstić information content (AvgIpc) is 2.39. The zero-order valence-electron chi connectivity index (χ0n) is 9.47.